The van der Waals surface area contributed by atoms with Crippen LogP contribution in [-0.2, 0) is 10.0 Å². The summed E-state index contributed by atoms with van der Waals surface area (Å²) in [7, 11) is -2.18. The number of benzene rings is 2. The van der Waals surface area contributed by atoms with Gasteiger partial charge in [-0.3, -0.25) is 4.31 Å². The molecule has 0 aliphatic carbocycles. The van der Waals surface area contributed by atoms with Crippen molar-refractivity contribution in [2.24, 2.45) is 0 Å². The van der Waals surface area contributed by atoms with E-state index >= 15 is 0 Å². The highest BCUT2D eigenvalue weighted by atomic mass is 35.5. The zero-order chi connectivity index (χ0) is 16.2. The van der Waals surface area contributed by atoms with Gasteiger partial charge in [0.25, 0.3) is 10.0 Å². The summed E-state index contributed by atoms with van der Waals surface area (Å²) in [5.41, 5.74) is 0.509. The molecule has 116 valence electrons. The SMILES string of the molecule is C=CCN(c1cccc(OC)c1)S(=O)(=O)c1ccc(Cl)cc1. The summed E-state index contributed by atoms with van der Waals surface area (Å²) in [5.74, 6) is 0.581. The number of methoxy groups -OCH3 is 1. The summed E-state index contributed by atoms with van der Waals surface area (Å²) in [6.45, 7) is 3.78. The number of sulfonamides is 1. The summed E-state index contributed by atoms with van der Waals surface area (Å²) in [5, 5.41) is 0.482. The third-order valence-electron chi connectivity index (χ3n) is 3.04. The molecule has 0 heterocycles. The average molecular weight is 338 g/mol. The van der Waals surface area contributed by atoms with Gasteiger partial charge < -0.3 is 4.74 Å². The molecule has 0 fully saturated rings. The van der Waals surface area contributed by atoms with Gasteiger partial charge in [-0.2, -0.15) is 0 Å². The highest BCUT2D eigenvalue weighted by molar-refractivity contribution is 7.92. The van der Waals surface area contributed by atoms with Gasteiger partial charge in [-0.1, -0.05) is 23.7 Å². The van der Waals surface area contributed by atoms with Crippen LogP contribution in [0.5, 0.6) is 5.75 Å². The largest absolute Gasteiger partial charge is 0.497 e. The van der Waals surface area contributed by atoms with Gasteiger partial charge >= 0.3 is 0 Å². The van der Waals surface area contributed by atoms with Crippen LogP contribution in [0.25, 0.3) is 0 Å². The Kier molecular flexibility index (Phi) is 5.11. The van der Waals surface area contributed by atoms with Crippen molar-refractivity contribution in [1.29, 1.82) is 0 Å². The first-order chi connectivity index (χ1) is 10.5. The molecule has 2 aromatic rings. The topological polar surface area (TPSA) is 46.6 Å². The van der Waals surface area contributed by atoms with Gasteiger partial charge in [0, 0.05) is 11.1 Å². The Morgan fingerprint density at radius 3 is 2.50 bits per heavy atom. The van der Waals surface area contributed by atoms with E-state index in [9.17, 15) is 8.42 Å². The van der Waals surface area contributed by atoms with E-state index in [-0.39, 0.29) is 11.4 Å². The Balaban J connectivity index is 2.50. The fourth-order valence-electron chi connectivity index (χ4n) is 1.96. The lowest BCUT2D eigenvalue weighted by molar-refractivity contribution is 0.415. The standard InChI is InChI=1S/C16H16ClNO3S/c1-3-11-18(14-5-4-6-15(12-14)21-2)22(19,20)16-9-7-13(17)8-10-16/h3-10,12H,1,11H2,2H3. The molecule has 0 radical (unpaired) electrons. The van der Waals surface area contributed by atoms with Gasteiger partial charge in [-0.05, 0) is 36.4 Å². The van der Waals surface area contributed by atoms with E-state index in [1.54, 1.807) is 36.4 Å². The van der Waals surface area contributed by atoms with E-state index in [0.29, 0.717) is 16.5 Å². The predicted octanol–water partition coefficient (Wildman–Crippen LogP) is 3.73. The molecule has 0 atom stereocenters. The third-order valence-corrected chi connectivity index (χ3v) is 5.10. The van der Waals surface area contributed by atoms with Crippen molar-refractivity contribution in [3.8, 4) is 5.75 Å². The molecule has 0 bridgehead atoms. The number of halogens is 1. The van der Waals surface area contributed by atoms with Gasteiger partial charge in [0.1, 0.15) is 5.75 Å². The van der Waals surface area contributed by atoms with Crippen molar-refractivity contribution in [2.45, 2.75) is 4.90 Å². The smallest absolute Gasteiger partial charge is 0.264 e. The van der Waals surface area contributed by atoms with Crippen LogP contribution in [0, 0.1) is 0 Å². The quantitative estimate of drug-likeness (QED) is 0.754. The normalized spacial score (nSPS) is 11.0. The van der Waals surface area contributed by atoms with E-state index in [4.69, 9.17) is 16.3 Å². The molecular weight excluding hydrogens is 322 g/mol. The molecule has 0 aliphatic rings. The van der Waals surface area contributed by atoms with Crippen molar-refractivity contribution in [3.63, 3.8) is 0 Å². The van der Waals surface area contributed by atoms with Crippen LogP contribution in [0.2, 0.25) is 5.02 Å². The zero-order valence-corrected chi connectivity index (χ0v) is 13.6. The lowest BCUT2D eigenvalue weighted by Crippen LogP contribution is -2.31. The Bertz CT molecular complexity index is 757. The lowest BCUT2D eigenvalue weighted by atomic mass is 10.3. The minimum Gasteiger partial charge on any atom is -0.497 e. The summed E-state index contributed by atoms with van der Waals surface area (Å²) < 4.78 is 32.1. The van der Waals surface area contributed by atoms with Crippen molar-refractivity contribution >= 4 is 27.3 Å². The minimum atomic E-state index is -3.71. The summed E-state index contributed by atoms with van der Waals surface area (Å²) in [6.07, 6.45) is 1.53. The molecule has 0 saturated heterocycles. The monoisotopic (exact) mass is 337 g/mol. The zero-order valence-electron chi connectivity index (χ0n) is 12.1. The van der Waals surface area contributed by atoms with Gasteiger partial charge in [-0.25, -0.2) is 8.42 Å². The molecular formula is C16H16ClNO3S. The van der Waals surface area contributed by atoms with Crippen LogP contribution in [-0.4, -0.2) is 22.1 Å². The molecule has 0 aromatic heterocycles. The van der Waals surface area contributed by atoms with E-state index in [1.165, 1.54) is 29.6 Å². The maximum atomic E-state index is 12.8. The van der Waals surface area contributed by atoms with E-state index < -0.39 is 10.0 Å². The molecule has 22 heavy (non-hydrogen) atoms. The Morgan fingerprint density at radius 2 is 1.91 bits per heavy atom. The Hall–Kier alpha value is -1.98. The fourth-order valence-corrected chi connectivity index (χ4v) is 3.51. The first-order valence-corrected chi connectivity index (χ1v) is 8.34. The van der Waals surface area contributed by atoms with Crippen LogP contribution in [0.3, 0.4) is 0 Å². The van der Waals surface area contributed by atoms with Crippen LogP contribution < -0.4 is 9.04 Å². The number of hydrogen-bond acceptors (Lipinski definition) is 3. The van der Waals surface area contributed by atoms with E-state index in [1.807, 2.05) is 0 Å². The number of nitrogens with zero attached hydrogens (tertiary/aromatic N) is 1. The second kappa shape index (κ2) is 6.85. The third kappa shape index (κ3) is 3.43. The summed E-state index contributed by atoms with van der Waals surface area (Å²) >= 11 is 5.82. The second-order valence-corrected chi connectivity index (χ2v) is 6.78. The molecule has 0 amide bonds. The highest BCUT2D eigenvalue weighted by Crippen LogP contribution is 2.27. The predicted molar refractivity (Wildman–Crippen MR) is 89.2 cm³/mol. The van der Waals surface area contributed by atoms with E-state index in [0.717, 1.165) is 0 Å². The summed E-state index contributed by atoms with van der Waals surface area (Å²) in [4.78, 5) is 0.168. The number of hydrogen-bond donors (Lipinski definition) is 0. The second-order valence-electron chi connectivity index (χ2n) is 4.48. The molecule has 2 aromatic carbocycles. The Morgan fingerprint density at radius 1 is 1.23 bits per heavy atom. The van der Waals surface area contributed by atoms with Gasteiger partial charge in [-0.15, -0.1) is 6.58 Å². The minimum absolute atomic E-state index is 0.151. The maximum absolute atomic E-state index is 12.8. The van der Waals surface area contributed by atoms with E-state index in [2.05, 4.69) is 6.58 Å². The molecule has 4 nitrogen and oxygen atoms in total. The van der Waals surface area contributed by atoms with Crippen molar-refractivity contribution in [3.05, 3.63) is 66.2 Å². The van der Waals surface area contributed by atoms with Crippen LogP contribution in [0.15, 0.2) is 66.1 Å². The first kappa shape index (κ1) is 16.4. The highest BCUT2D eigenvalue weighted by Gasteiger charge is 2.24. The van der Waals surface area contributed by atoms with Crippen LogP contribution in [0.1, 0.15) is 0 Å². The van der Waals surface area contributed by atoms with Gasteiger partial charge in [0.15, 0.2) is 0 Å². The van der Waals surface area contributed by atoms with Crippen LogP contribution >= 0.6 is 11.6 Å². The fraction of sp³-hybridized carbons (Fsp3) is 0.125. The van der Waals surface area contributed by atoms with Crippen LogP contribution in [0.4, 0.5) is 5.69 Å². The lowest BCUT2D eigenvalue weighted by Gasteiger charge is -2.23. The van der Waals surface area contributed by atoms with Gasteiger partial charge in [0.2, 0.25) is 0 Å². The Labute approximate surface area is 135 Å². The average Bonchev–Trinajstić information content (AvgIpc) is 2.53. The molecule has 0 saturated carbocycles. The number of anilines is 1. The maximum Gasteiger partial charge on any atom is 0.264 e. The van der Waals surface area contributed by atoms with Crippen molar-refractivity contribution < 1.29 is 13.2 Å². The number of rotatable bonds is 6. The molecule has 0 aliphatic heterocycles. The summed E-state index contributed by atoms with van der Waals surface area (Å²) in [6, 6.07) is 12.9. The molecule has 6 heteroatoms. The molecule has 0 unspecified atom stereocenters. The molecule has 0 N–H and O–H groups in total. The molecule has 2 rings (SSSR count). The van der Waals surface area contributed by atoms with Crippen molar-refractivity contribution in [1.82, 2.24) is 0 Å². The van der Waals surface area contributed by atoms with Crippen molar-refractivity contribution in [2.75, 3.05) is 18.0 Å². The number of ether oxygens (including phenoxy) is 1. The van der Waals surface area contributed by atoms with Gasteiger partial charge in [0.05, 0.1) is 24.2 Å². The first-order valence-electron chi connectivity index (χ1n) is 6.52. The molecule has 0 spiro atoms.